The van der Waals surface area contributed by atoms with Gasteiger partial charge in [0.05, 0.1) is 33.8 Å². The number of carbonyl (C=O) groups is 1. The van der Waals surface area contributed by atoms with Crippen LogP contribution in [0.2, 0.25) is 0 Å². The maximum Gasteiger partial charge on any atom is 0.338 e. The Morgan fingerprint density at radius 1 is 1.25 bits per heavy atom. The highest BCUT2D eigenvalue weighted by Crippen LogP contribution is 2.23. The Bertz CT molecular complexity index is 342. The van der Waals surface area contributed by atoms with Crippen molar-refractivity contribution in [1.29, 1.82) is 0 Å². The van der Waals surface area contributed by atoms with Crippen LogP contribution in [0.5, 0.6) is 11.5 Å². The van der Waals surface area contributed by atoms with Crippen LogP contribution >= 0.6 is 0 Å². The number of aromatic carboxylic acids is 1. The fourth-order valence-electron chi connectivity index (χ4n) is 0.734. The molecule has 0 spiro atoms. The van der Waals surface area contributed by atoms with Crippen molar-refractivity contribution >= 4 is 5.97 Å². The number of phenols is 1. The highest BCUT2D eigenvalue weighted by atomic mass is 16.4. The van der Waals surface area contributed by atoms with E-state index >= 15 is 0 Å². The van der Waals surface area contributed by atoms with E-state index in [0.717, 1.165) is 16.6 Å². The molecule has 0 unspecified atom stereocenters. The number of hydrogen-bond acceptors (Lipinski definition) is 3. The normalized spacial score (nSPS) is 10.2. The van der Waals surface area contributed by atoms with E-state index in [1.807, 2.05) is 0 Å². The zero-order valence-electron chi connectivity index (χ0n) is 9.89. The van der Waals surface area contributed by atoms with Gasteiger partial charge in [0, 0.05) is 0 Å². The molecule has 2 N–H and O–H groups in total. The smallest absolute Gasteiger partial charge is 0.338 e. The second-order valence-electron chi connectivity index (χ2n) is 4.64. The summed E-state index contributed by atoms with van der Waals surface area (Å²) in [6, 6.07) is 3.54. The fraction of sp³-hybridized carbons (Fsp3) is 0.364. The van der Waals surface area contributed by atoms with Crippen LogP contribution in [0.3, 0.4) is 0 Å². The minimum Gasteiger partial charge on any atom is -0.872 e. The average molecular weight is 227 g/mol. The third-order valence-electron chi connectivity index (χ3n) is 1.22. The molecule has 1 aromatic rings. The molecule has 0 fully saturated rings. The van der Waals surface area contributed by atoms with Crippen LogP contribution in [-0.4, -0.2) is 48.9 Å². The zero-order valence-corrected chi connectivity index (χ0v) is 9.89. The number of hydrogen-bond donors (Lipinski definition) is 2. The molecule has 0 heterocycles. The van der Waals surface area contributed by atoms with Crippen molar-refractivity contribution in [3.05, 3.63) is 23.8 Å². The van der Waals surface area contributed by atoms with E-state index in [4.69, 9.17) is 10.2 Å². The zero-order chi connectivity index (χ0) is 12.9. The Labute approximate surface area is 94.8 Å². The van der Waals surface area contributed by atoms with Crippen LogP contribution in [0.4, 0.5) is 0 Å². The Hall–Kier alpha value is -1.75. The summed E-state index contributed by atoms with van der Waals surface area (Å²) >= 11 is 0. The molecule has 16 heavy (non-hydrogen) atoms. The maximum absolute atomic E-state index is 10.7. The van der Waals surface area contributed by atoms with Gasteiger partial charge in [-0.2, -0.15) is 0 Å². The van der Waals surface area contributed by atoms with Crippen molar-refractivity contribution in [2.45, 2.75) is 0 Å². The minimum atomic E-state index is -1.41. The number of benzene rings is 1. The third-order valence-corrected chi connectivity index (χ3v) is 1.22. The average Bonchev–Trinajstić information content (AvgIpc) is 1.99. The quantitative estimate of drug-likeness (QED) is 0.684. The lowest BCUT2D eigenvalue weighted by molar-refractivity contribution is -0.849. The summed E-state index contributed by atoms with van der Waals surface area (Å²) in [5, 5.41) is 28.0. The molecule has 0 aliphatic rings. The van der Waals surface area contributed by atoms with Crippen LogP contribution in [0.1, 0.15) is 10.4 Å². The van der Waals surface area contributed by atoms with Gasteiger partial charge in [-0.15, -0.1) is 0 Å². The Morgan fingerprint density at radius 3 is 1.94 bits per heavy atom. The molecule has 1 aromatic carbocycles. The Morgan fingerprint density at radius 2 is 1.69 bits per heavy atom. The molecule has 0 saturated carbocycles. The Balaban J connectivity index is 0.000000385. The molecule has 0 radical (unpaired) electrons. The van der Waals surface area contributed by atoms with Gasteiger partial charge in [0.25, 0.3) is 0 Å². The second-order valence-corrected chi connectivity index (χ2v) is 4.64. The van der Waals surface area contributed by atoms with Crippen molar-refractivity contribution in [1.82, 2.24) is 0 Å². The predicted octanol–water partition coefficient (Wildman–Crippen LogP) is 0.486. The van der Waals surface area contributed by atoms with Crippen LogP contribution < -0.4 is 5.11 Å². The van der Waals surface area contributed by atoms with Gasteiger partial charge < -0.3 is 19.8 Å². The van der Waals surface area contributed by atoms with Crippen LogP contribution in [-0.2, 0) is 0 Å². The number of aromatic hydroxyl groups is 1. The lowest BCUT2D eigenvalue weighted by atomic mass is 10.2. The van der Waals surface area contributed by atoms with Crippen LogP contribution in [0, 0.1) is 0 Å². The number of rotatable bonds is 1. The first-order valence-electron chi connectivity index (χ1n) is 4.64. The van der Waals surface area contributed by atoms with Gasteiger partial charge in [-0.25, -0.2) is 4.79 Å². The van der Waals surface area contributed by atoms with Gasteiger partial charge in [-0.3, -0.25) is 0 Å². The van der Waals surface area contributed by atoms with E-state index in [2.05, 4.69) is 28.2 Å². The summed E-state index contributed by atoms with van der Waals surface area (Å²) in [4.78, 5) is 10.3. The number of nitrogens with zero attached hydrogens (tertiary/aromatic N) is 1. The molecule has 5 nitrogen and oxygen atoms in total. The molecule has 1 rings (SSSR count). The van der Waals surface area contributed by atoms with Crippen molar-refractivity contribution in [2.75, 3.05) is 28.2 Å². The van der Waals surface area contributed by atoms with Crippen molar-refractivity contribution in [3.63, 3.8) is 0 Å². The topological polar surface area (TPSA) is 80.6 Å². The van der Waals surface area contributed by atoms with Crippen molar-refractivity contribution in [3.8, 4) is 11.5 Å². The number of carboxylic acids is 1. The molecule has 0 aliphatic heterocycles. The molecule has 5 heteroatoms. The Kier molecular flexibility index (Phi) is 4.78. The van der Waals surface area contributed by atoms with Gasteiger partial charge in [0.1, 0.15) is 5.75 Å². The molecular formula is C11H17NO4. The van der Waals surface area contributed by atoms with E-state index in [1.54, 1.807) is 0 Å². The molecule has 0 aromatic heterocycles. The molecule has 0 amide bonds. The summed E-state index contributed by atoms with van der Waals surface area (Å²) in [6.07, 6.45) is 0. The molecule has 0 saturated heterocycles. The standard InChI is InChI=1S/C7H6O4.C4H12N/c8-4-2-1-3-5(9)6(4)7(10)11;1-5(2,3)4/h1-3,8-9H,(H,10,11);1-4H3/q;+1/p-1. The van der Waals surface area contributed by atoms with E-state index < -0.39 is 23.0 Å². The van der Waals surface area contributed by atoms with Crippen LogP contribution in [0.15, 0.2) is 18.2 Å². The van der Waals surface area contributed by atoms with Crippen molar-refractivity contribution in [2.24, 2.45) is 0 Å². The predicted molar refractivity (Wildman–Crippen MR) is 58.5 cm³/mol. The first-order chi connectivity index (χ1) is 7.13. The summed E-state index contributed by atoms with van der Waals surface area (Å²) in [6.45, 7) is 0. The monoisotopic (exact) mass is 227 g/mol. The lowest BCUT2D eigenvalue weighted by Gasteiger charge is -2.14. The van der Waals surface area contributed by atoms with Crippen molar-refractivity contribution < 1.29 is 24.6 Å². The van der Waals surface area contributed by atoms with E-state index in [0.29, 0.717) is 0 Å². The summed E-state index contributed by atoms with van der Waals surface area (Å²) < 4.78 is 1.00. The van der Waals surface area contributed by atoms with Gasteiger partial charge in [-0.1, -0.05) is 17.9 Å². The van der Waals surface area contributed by atoms with E-state index in [-0.39, 0.29) is 0 Å². The first-order valence-corrected chi connectivity index (χ1v) is 4.64. The summed E-state index contributed by atoms with van der Waals surface area (Å²) in [7, 11) is 8.50. The molecule has 0 bridgehead atoms. The maximum atomic E-state index is 10.7. The highest BCUT2D eigenvalue weighted by molar-refractivity contribution is 5.93. The molecular weight excluding hydrogens is 210 g/mol. The summed E-state index contributed by atoms with van der Waals surface area (Å²) in [5.74, 6) is -2.59. The molecule has 0 aliphatic carbocycles. The molecule has 90 valence electrons. The SMILES string of the molecule is C[N+](C)(C)C.O=C(O)c1c([O-])cccc1O. The minimum absolute atomic E-state index is 0.495. The third kappa shape index (κ3) is 5.87. The first kappa shape index (κ1) is 14.2. The number of carboxylic acid groups (broad SMARTS) is 1. The second kappa shape index (κ2) is 5.37. The molecule has 0 atom stereocenters. The fourth-order valence-corrected chi connectivity index (χ4v) is 0.734. The largest absolute Gasteiger partial charge is 0.872 e. The van der Waals surface area contributed by atoms with Gasteiger partial charge in [-0.05, 0) is 6.07 Å². The van der Waals surface area contributed by atoms with Gasteiger partial charge >= 0.3 is 5.97 Å². The van der Waals surface area contributed by atoms with E-state index in [1.165, 1.54) is 6.07 Å². The lowest BCUT2D eigenvalue weighted by Crippen LogP contribution is -2.27. The van der Waals surface area contributed by atoms with Gasteiger partial charge in [0.2, 0.25) is 0 Å². The summed E-state index contributed by atoms with van der Waals surface area (Å²) in [5.41, 5.74) is -0.576. The highest BCUT2D eigenvalue weighted by Gasteiger charge is 2.08. The van der Waals surface area contributed by atoms with E-state index in [9.17, 15) is 9.90 Å². The van der Waals surface area contributed by atoms with Gasteiger partial charge in [0.15, 0.2) is 0 Å². The number of quaternary nitrogens is 1. The van der Waals surface area contributed by atoms with Crippen LogP contribution in [0.25, 0.3) is 0 Å².